The van der Waals surface area contributed by atoms with Crippen molar-refractivity contribution in [3.05, 3.63) is 35.4 Å². The standard InChI is InChI=1S/C12H12F2O2/c1-8-2-4-9(5-3-8)11(10(15)16)6-12(13,14)7-11/h2-5H,6-7H2,1H3,(H,15,16). The molecule has 1 aliphatic rings. The fourth-order valence-electron chi connectivity index (χ4n) is 2.18. The van der Waals surface area contributed by atoms with Gasteiger partial charge in [0, 0.05) is 12.8 Å². The maximum Gasteiger partial charge on any atom is 0.314 e. The van der Waals surface area contributed by atoms with Crippen molar-refractivity contribution in [2.75, 3.05) is 0 Å². The lowest BCUT2D eigenvalue weighted by Crippen LogP contribution is -2.54. The Balaban J connectivity index is 2.36. The maximum absolute atomic E-state index is 12.9. The van der Waals surface area contributed by atoms with Crippen LogP contribution in [0.25, 0.3) is 0 Å². The first-order valence-corrected chi connectivity index (χ1v) is 5.04. The Kier molecular flexibility index (Phi) is 2.26. The molecule has 4 heteroatoms. The number of hydrogen-bond donors (Lipinski definition) is 1. The van der Waals surface area contributed by atoms with E-state index in [0.717, 1.165) is 5.56 Å². The minimum Gasteiger partial charge on any atom is -0.481 e. The van der Waals surface area contributed by atoms with E-state index in [4.69, 9.17) is 5.11 Å². The van der Waals surface area contributed by atoms with Crippen LogP contribution in [0, 0.1) is 6.92 Å². The number of carboxylic acids is 1. The molecule has 0 radical (unpaired) electrons. The summed E-state index contributed by atoms with van der Waals surface area (Å²) in [5.74, 6) is -4.01. The zero-order chi connectivity index (χ0) is 12.0. The van der Waals surface area contributed by atoms with Gasteiger partial charge in [0.15, 0.2) is 0 Å². The van der Waals surface area contributed by atoms with E-state index in [1.54, 1.807) is 24.3 Å². The Morgan fingerprint density at radius 3 is 2.12 bits per heavy atom. The van der Waals surface area contributed by atoms with Gasteiger partial charge in [0.2, 0.25) is 0 Å². The van der Waals surface area contributed by atoms with Crippen molar-refractivity contribution in [1.82, 2.24) is 0 Å². The molecule has 1 N–H and O–H groups in total. The quantitative estimate of drug-likeness (QED) is 0.841. The zero-order valence-corrected chi connectivity index (χ0v) is 8.84. The van der Waals surface area contributed by atoms with Gasteiger partial charge in [0.25, 0.3) is 5.92 Å². The summed E-state index contributed by atoms with van der Waals surface area (Å²) in [7, 11) is 0. The summed E-state index contributed by atoms with van der Waals surface area (Å²) in [6, 6.07) is 6.74. The number of benzene rings is 1. The summed E-state index contributed by atoms with van der Waals surface area (Å²) in [5.41, 5.74) is 0.0592. The maximum atomic E-state index is 12.9. The number of carboxylic acid groups (broad SMARTS) is 1. The molecule has 2 nitrogen and oxygen atoms in total. The molecule has 2 rings (SSSR count). The first kappa shape index (κ1) is 11.0. The third kappa shape index (κ3) is 1.58. The van der Waals surface area contributed by atoms with Crippen molar-refractivity contribution >= 4 is 5.97 Å². The van der Waals surface area contributed by atoms with Gasteiger partial charge in [-0.1, -0.05) is 29.8 Å². The molecule has 0 aromatic heterocycles. The molecular weight excluding hydrogens is 214 g/mol. The largest absolute Gasteiger partial charge is 0.481 e. The topological polar surface area (TPSA) is 37.3 Å². The summed E-state index contributed by atoms with van der Waals surface area (Å²) in [6.07, 6.45) is -1.20. The van der Waals surface area contributed by atoms with Gasteiger partial charge in [-0.2, -0.15) is 0 Å². The van der Waals surface area contributed by atoms with E-state index in [1.165, 1.54) is 0 Å². The second-order valence-corrected chi connectivity index (χ2v) is 4.46. The summed E-state index contributed by atoms with van der Waals surface area (Å²) >= 11 is 0. The van der Waals surface area contributed by atoms with Gasteiger partial charge in [-0.25, -0.2) is 8.78 Å². The zero-order valence-electron chi connectivity index (χ0n) is 8.84. The fourth-order valence-corrected chi connectivity index (χ4v) is 2.18. The highest BCUT2D eigenvalue weighted by Gasteiger charge is 2.62. The van der Waals surface area contributed by atoms with Crippen LogP contribution in [0.4, 0.5) is 8.78 Å². The summed E-state index contributed by atoms with van der Waals surface area (Å²) in [6.45, 7) is 1.87. The number of rotatable bonds is 2. The van der Waals surface area contributed by atoms with Crippen LogP contribution in [0.3, 0.4) is 0 Å². The van der Waals surface area contributed by atoms with Crippen LogP contribution in [-0.4, -0.2) is 17.0 Å². The van der Waals surface area contributed by atoms with Crippen molar-refractivity contribution in [2.24, 2.45) is 0 Å². The number of hydrogen-bond acceptors (Lipinski definition) is 1. The fraction of sp³-hybridized carbons (Fsp3) is 0.417. The van der Waals surface area contributed by atoms with Gasteiger partial charge in [-0.3, -0.25) is 4.79 Å². The van der Waals surface area contributed by atoms with Crippen molar-refractivity contribution in [3.8, 4) is 0 Å². The average molecular weight is 226 g/mol. The smallest absolute Gasteiger partial charge is 0.314 e. The third-order valence-electron chi connectivity index (χ3n) is 3.13. The van der Waals surface area contributed by atoms with E-state index in [9.17, 15) is 13.6 Å². The molecule has 0 aliphatic heterocycles. The third-order valence-corrected chi connectivity index (χ3v) is 3.13. The monoisotopic (exact) mass is 226 g/mol. The molecule has 1 aromatic carbocycles. The van der Waals surface area contributed by atoms with Gasteiger partial charge in [-0.05, 0) is 12.5 Å². The Hall–Kier alpha value is -1.45. The second kappa shape index (κ2) is 3.27. The molecule has 1 saturated carbocycles. The lowest BCUT2D eigenvalue weighted by molar-refractivity contribution is -0.174. The van der Waals surface area contributed by atoms with Crippen molar-refractivity contribution in [2.45, 2.75) is 31.1 Å². The van der Waals surface area contributed by atoms with Crippen LogP contribution in [0.5, 0.6) is 0 Å². The molecule has 0 heterocycles. The minimum absolute atomic E-state index is 0.469. The normalized spacial score (nSPS) is 21.2. The van der Waals surface area contributed by atoms with E-state index >= 15 is 0 Å². The van der Waals surface area contributed by atoms with Crippen molar-refractivity contribution in [1.29, 1.82) is 0 Å². The van der Waals surface area contributed by atoms with Gasteiger partial charge in [0.05, 0.1) is 0 Å². The van der Waals surface area contributed by atoms with Gasteiger partial charge >= 0.3 is 5.97 Å². The number of aryl methyl sites for hydroxylation is 1. The Morgan fingerprint density at radius 1 is 1.25 bits per heavy atom. The summed E-state index contributed by atoms with van der Waals surface area (Å²) in [5, 5.41) is 9.11. The van der Waals surface area contributed by atoms with Crippen LogP contribution in [0.2, 0.25) is 0 Å². The molecule has 0 bridgehead atoms. The summed E-state index contributed by atoms with van der Waals surface area (Å²) in [4.78, 5) is 11.1. The van der Waals surface area contributed by atoms with Crippen LogP contribution in [0.15, 0.2) is 24.3 Å². The first-order chi connectivity index (χ1) is 7.36. The Labute approximate surface area is 91.9 Å². The van der Waals surface area contributed by atoms with Crippen LogP contribution in [0.1, 0.15) is 24.0 Å². The Morgan fingerprint density at radius 2 is 1.75 bits per heavy atom. The van der Waals surface area contributed by atoms with E-state index in [0.29, 0.717) is 5.56 Å². The van der Waals surface area contributed by atoms with Crippen molar-refractivity contribution < 1.29 is 18.7 Å². The lowest BCUT2D eigenvalue weighted by Gasteiger charge is -2.44. The molecule has 16 heavy (non-hydrogen) atoms. The van der Waals surface area contributed by atoms with Gasteiger partial charge < -0.3 is 5.11 Å². The highest BCUT2D eigenvalue weighted by Crippen LogP contribution is 2.53. The van der Waals surface area contributed by atoms with E-state index < -0.39 is 30.1 Å². The molecule has 1 aromatic rings. The lowest BCUT2D eigenvalue weighted by atomic mass is 9.62. The average Bonchev–Trinajstić information content (AvgIpc) is 2.14. The van der Waals surface area contributed by atoms with Crippen LogP contribution < -0.4 is 0 Å². The van der Waals surface area contributed by atoms with E-state index in [-0.39, 0.29) is 0 Å². The Bertz CT molecular complexity index is 415. The first-order valence-electron chi connectivity index (χ1n) is 5.04. The second-order valence-electron chi connectivity index (χ2n) is 4.46. The van der Waals surface area contributed by atoms with Crippen LogP contribution in [-0.2, 0) is 10.2 Å². The highest BCUT2D eigenvalue weighted by molar-refractivity contribution is 5.83. The van der Waals surface area contributed by atoms with Crippen LogP contribution >= 0.6 is 0 Å². The predicted molar refractivity (Wildman–Crippen MR) is 54.7 cm³/mol. The SMILES string of the molecule is Cc1ccc(C2(C(=O)O)CC(F)(F)C2)cc1. The van der Waals surface area contributed by atoms with Gasteiger partial charge in [-0.15, -0.1) is 0 Å². The number of aliphatic carboxylic acids is 1. The molecule has 1 aliphatic carbocycles. The molecule has 0 saturated heterocycles. The number of carbonyl (C=O) groups is 1. The number of halogens is 2. The highest BCUT2D eigenvalue weighted by atomic mass is 19.3. The molecular formula is C12H12F2O2. The van der Waals surface area contributed by atoms with Gasteiger partial charge in [0.1, 0.15) is 5.41 Å². The molecule has 0 amide bonds. The van der Waals surface area contributed by atoms with Crippen molar-refractivity contribution in [3.63, 3.8) is 0 Å². The molecule has 86 valence electrons. The number of alkyl halides is 2. The van der Waals surface area contributed by atoms with E-state index in [1.807, 2.05) is 6.92 Å². The molecule has 1 fully saturated rings. The van der Waals surface area contributed by atoms with E-state index in [2.05, 4.69) is 0 Å². The molecule has 0 unspecified atom stereocenters. The molecule has 0 atom stereocenters. The predicted octanol–water partition coefficient (Wildman–Crippen LogP) is 2.75. The molecule has 0 spiro atoms. The minimum atomic E-state index is -2.84. The summed E-state index contributed by atoms with van der Waals surface area (Å²) < 4.78 is 25.8.